The average molecular weight is 280 g/mol. The predicted octanol–water partition coefficient (Wildman–Crippen LogP) is 2.35. The first-order valence-electron chi connectivity index (χ1n) is 5.31. The number of rotatable bonds is 5. The van der Waals surface area contributed by atoms with Crippen LogP contribution >= 0.6 is 15.9 Å². The molecule has 1 aromatic rings. The second-order valence-electron chi connectivity index (χ2n) is 3.75. The van der Waals surface area contributed by atoms with Gasteiger partial charge in [-0.05, 0) is 18.9 Å². The van der Waals surface area contributed by atoms with Crippen molar-refractivity contribution in [2.75, 3.05) is 0 Å². The van der Waals surface area contributed by atoms with Crippen molar-refractivity contribution in [3.8, 4) is 0 Å². The van der Waals surface area contributed by atoms with Gasteiger partial charge in [0.2, 0.25) is 5.91 Å². The molecule has 0 fully saturated rings. The van der Waals surface area contributed by atoms with Gasteiger partial charge in [-0.2, -0.15) is 0 Å². The Morgan fingerprint density at radius 1 is 1.44 bits per heavy atom. The lowest BCUT2D eigenvalue weighted by Gasteiger charge is -2.09. The Morgan fingerprint density at radius 3 is 2.62 bits per heavy atom. The summed E-state index contributed by atoms with van der Waals surface area (Å²) in [5.74, 6) is -0.00831. The van der Waals surface area contributed by atoms with Gasteiger partial charge in [0.15, 0.2) is 0 Å². The SMILES string of the molecule is [B]CCC(Br)C(=O)NCc1ccc(C)cc1. The first-order valence-corrected chi connectivity index (χ1v) is 6.22. The van der Waals surface area contributed by atoms with E-state index in [1.54, 1.807) is 0 Å². The smallest absolute Gasteiger partial charge is 0.234 e. The number of carbonyl (C=O) groups is 1. The summed E-state index contributed by atoms with van der Waals surface area (Å²) < 4.78 is 0. The van der Waals surface area contributed by atoms with E-state index in [4.69, 9.17) is 7.85 Å². The molecule has 1 unspecified atom stereocenters. The lowest BCUT2D eigenvalue weighted by atomic mass is 10.0. The van der Waals surface area contributed by atoms with E-state index in [-0.39, 0.29) is 10.7 Å². The van der Waals surface area contributed by atoms with Crippen molar-refractivity contribution in [1.82, 2.24) is 5.32 Å². The van der Waals surface area contributed by atoms with Crippen molar-refractivity contribution in [3.63, 3.8) is 0 Å². The van der Waals surface area contributed by atoms with Crippen LogP contribution in [0.3, 0.4) is 0 Å². The number of benzene rings is 1. The van der Waals surface area contributed by atoms with Crippen LogP contribution in [0.15, 0.2) is 24.3 Å². The molecule has 16 heavy (non-hydrogen) atoms. The minimum absolute atomic E-state index is 0.00831. The number of hydrogen-bond donors (Lipinski definition) is 1. The Hall–Kier alpha value is -0.765. The van der Waals surface area contributed by atoms with Crippen LogP contribution in [0.25, 0.3) is 0 Å². The molecule has 0 saturated heterocycles. The van der Waals surface area contributed by atoms with E-state index in [9.17, 15) is 4.79 Å². The highest BCUT2D eigenvalue weighted by Crippen LogP contribution is 2.08. The second kappa shape index (κ2) is 6.74. The predicted molar refractivity (Wildman–Crippen MR) is 70.9 cm³/mol. The number of halogens is 1. The molecule has 0 spiro atoms. The van der Waals surface area contributed by atoms with Gasteiger partial charge in [-0.25, -0.2) is 0 Å². The van der Waals surface area contributed by atoms with Crippen molar-refractivity contribution in [2.24, 2.45) is 0 Å². The average Bonchev–Trinajstić information content (AvgIpc) is 2.28. The third kappa shape index (κ3) is 4.39. The molecule has 84 valence electrons. The van der Waals surface area contributed by atoms with Gasteiger partial charge in [0.05, 0.1) is 12.7 Å². The first kappa shape index (κ1) is 13.3. The van der Waals surface area contributed by atoms with Crippen LogP contribution < -0.4 is 5.32 Å². The lowest BCUT2D eigenvalue weighted by Crippen LogP contribution is -2.30. The fourth-order valence-electron chi connectivity index (χ4n) is 1.28. The molecule has 1 amide bonds. The quantitative estimate of drug-likeness (QED) is 0.651. The molecule has 4 heteroatoms. The fraction of sp³-hybridized carbons (Fsp3) is 0.417. The van der Waals surface area contributed by atoms with Gasteiger partial charge < -0.3 is 5.32 Å². The third-order valence-electron chi connectivity index (χ3n) is 2.29. The van der Waals surface area contributed by atoms with E-state index >= 15 is 0 Å². The molecule has 0 saturated carbocycles. The molecule has 0 aromatic heterocycles. The van der Waals surface area contributed by atoms with Gasteiger partial charge in [-0.1, -0.05) is 52.1 Å². The molecular formula is C12H15BBrNO. The second-order valence-corrected chi connectivity index (χ2v) is 4.85. The summed E-state index contributed by atoms with van der Waals surface area (Å²) in [5.41, 5.74) is 2.32. The summed E-state index contributed by atoms with van der Waals surface area (Å²) in [7, 11) is 5.38. The molecule has 1 rings (SSSR count). The Morgan fingerprint density at radius 2 is 2.06 bits per heavy atom. The van der Waals surface area contributed by atoms with Crippen molar-refractivity contribution in [2.45, 2.75) is 31.0 Å². The normalized spacial score (nSPS) is 12.1. The van der Waals surface area contributed by atoms with Crippen molar-refractivity contribution >= 4 is 29.7 Å². The highest BCUT2D eigenvalue weighted by atomic mass is 79.9. The molecule has 0 bridgehead atoms. The standard InChI is InChI=1S/C12H15BBrNO/c1-9-2-4-10(5-3-9)8-15-12(16)11(14)6-7-13/h2-5,11H,6-8H2,1H3,(H,15,16). The molecule has 1 aromatic carbocycles. The van der Waals surface area contributed by atoms with E-state index < -0.39 is 0 Å². The van der Waals surface area contributed by atoms with Crippen molar-refractivity contribution in [1.29, 1.82) is 0 Å². The summed E-state index contributed by atoms with van der Waals surface area (Å²) in [6, 6.07) is 8.10. The number of alkyl halides is 1. The van der Waals surface area contributed by atoms with Gasteiger partial charge in [0.1, 0.15) is 0 Å². The van der Waals surface area contributed by atoms with Crippen molar-refractivity contribution in [3.05, 3.63) is 35.4 Å². The van der Waals surface area contributed by atoms with Crippen molar-refractivity contribution < 1.29 is 4.79 Å². The first-order chi connectivity index (χ1) is 7.63. The Balaban J connectivity index is 2.39. The largest absolute Gasteiger partial charge is 0.351 e. The lowest BCUT2D eigenvalue weighted by molar-refractivity contribution is -0.120. The monoisotopic (exact) mass is 279 g/mol. The molecule has 0 aliphatic heterocycles. The highest BCUT2D eigenvalue weighted by molar-refractivity contribution is 9.10. The molecule has 2 nitrogen and oxygen atoms in total. The number of amides is 1. The zero-order valence-corrected chi connectivity index (χ0v) is 11.0. The maximum absolute atomic E-state index is 11.6. The summed E-state index contributed by atoms with van der Waals surface area (Å²) >= 11 is 3.30. The van der Waals surface area contributed by atoms with Crippen LogP contribution in [0.1, 0.15) is 17.5 Å². The zero-order chi connectivity index (χ0) is 12.0. The van der Waals surface area contributed by atoms with Gasteiger partial charge >= 0.3 is 0 Å². The van der Waals surface area contributed by atoms with Gasteiger partial charge in [-0.15, -0.1) is 0 Å². The third-order valence-corrected chi connectivity index (χ3v) is 3.17. The Kier molecular flexibility index (Phi) is 5.60. The highest BCUT2D eigenvalue weighted by Gasteiger charge is 2.12. The maximum Gasteiger partial charge on any atom is 0.234 e. The maximum atomic E-state index is 11.6. The van der Waals surface area contributed by atoms with Crippen LogP contribution in [-0.4, -0.2) is 18.6 Å². The fourth-order valence-corrected chi connectivity index (χ4v) is 1.71. The topological polar surface area (TPSA) is 29.1 Å². The van der Waals surface area contributed by atoms with E-state index in [1.165, 1.54) is 5.56 Å². The van der Waals surface area contributed by atoms with E-state index in [1.807, 2.05) is 31.2 Å². The summed E-state index contributed by atoms with van der Waals surface area (Å²) in [6.45, 7) is 2.60. The van der Waals surface area contributed by atoms with E-state index in [0.717, 1.165) is 5.56 Å². The zero-order valence-electron chi connectivity index (χ0n) is 9.37. The molecule has 0 aliphatic rings. The molecule has 2 radical (unpaired) electrons. The minimum Gasteiger partial charge on any atom is -0.351 e. The summed E-state index contributed by atoms with van der Waals surface area (Å²) in [5, 5.41) is 2.86. The Labute approximate surface area is 106 Å². The molecule has 1 atom stereocenters. The molecular weight excluding hydrogens is 265 g/mol. The molecule has 0 heterocycles. The van der Waals surface area contributed by atoms with Crippen LogP contribution in [0.2, 0.25) is 6.32 Å². The number of carbonyl (C=O) groups excluding carboxylic acids is 1. The van der Waals surface area contributed by atoms with Gasteiger partial charge in [-0.3, -0.25) is 4.79 Å². The Bertz CT molecular complexity index is 339. The van der Waals surface area contributed by atoms with Crippen LogP contribution in [0.4, 0.5) is 0 Å². The molecule has 0 aliphatic carbocycles. The molecule has 1 N–H and O–H groups in total. The van der Waals surface area contributed by atoms with Gasteiger partial charge in [0, 0.05) is 6.54 Å². The summed E-state index contributed by atoms with van der Waals surface area (Å²) in [6.07, 6.45) is 1.16. The van der Waals surface area contributed by atoms with E-state index in [2.05, 4.69) is 21.2 Å². The number of aryl methyl sites for hydroxylation is 1. The number of nitrogens with one attached hydrogen (secondary N) is 1. The van der Waals surface area contributed by atoms with Crippen LogP contribution in [0.5, 0.6) is 0 Å². The summed E-state index contributed by atoms with van der Waals surface area (Å²) in [4.78, 5) is 11.4. The number of hydrogen-bond acceptors (Lipinski definition) is 1. The minimum atomic E-state index is -0.192. The van der Waals surface area contributed by atoms with E-state index in [0.29, 0.717) is 19.3 Å². The van der Waals surface area contributed by atoms with Gasteiger partial charge in [0.25, 0.3) is 0 Å². The van der Waals surface area contributed by atoms with Crippen LogP contribution in [0, 0.1) is 6.92 Å². The van der Waals surface area contributed by atoms with Crippen LogP contribution in [-0.2, 0) is 11.3 Å².